The maximum Gasteiger partial charge on any atom is 0.261 e. The first-order chi connectivity index (χ1) is 9.56. The van der Waals surface area contributed by atoms with Crippen molar-refractivity contribution in [1.29, 1.82) is 0 Å². The number of carbonyl (C=O) groups is 1. The summed E-state index contributed by atoms with van der Waals surface area (Å²) in [6.45, 7) is 2.53. The number of hydrogen-bond acceptors (Lipinski definition) is 3. The van der Waals surface area contributed by atoms with Crippen molar-refractivity contribution >= 4 is 41.3 Å². The Balaban J connectivity index is 0.00000220. The molecule has 1 unspecified atom stereocenters. The van der Waals surface area contributed by atoms with Gasteiger partial charge in [-0.25, -0.2) is 0 Å². The number of carbonyl (C=O) groups excluding carboxylic acids is 1. The highest BCUT2D eigenvalue weighted by Gasteiger charge is 2.10. The molecule has 0 aliphatic heterocycles. The van der Waals surface area contributed by atoms with E-state index in [1.807, 2.05) is 43.3 Å². The maximum atomic E-state index is 12.0. The molecule has 1 amide bonds. The van der Waals surface area contributed by atoms with Gasteiger partial charge in [0.2, 0.25) is 0 Å². The van der Waals surface area contributed by atoms with Crippen LogP contribution >= 0.6 is 35.3 Å². The highest BCUT2D eigenvalue weighted by Crippen LogP contribution is 2.28. The van der Waals surface area contributed by atoms with E-state index in [2.05, 4.69) is 5.32 Å². The summed E-state index contributed by atoms with van der Waals surface area (Å²) in [7, 11) is 0. The van der Waals surface area contributed by atoms with Crippen LogP contribution in [-0.2, 0) is 0 Å². The lowest BCUT2D eigenvalue weighted by molar-refractivity contribution is 0.0957. The molecule has 3 N–H and O–H groups in total. The molecule has 2 rings (SSSR count). The SMILES string of the molecule is CC(N)CCNC(=O)c1ccc(-c2ccc(Cl)cc2)s1.Cl. The average Bonchev–Trinajstić information content (AvgIpc) is 2.88. The summed E-state index contributed by atoms with van der Waals surface area (Å²) in [6, 6.07) is 11.5. The summed E-state index contributed by atoms with van der Waals surface area (Å²) in [4.78, 5) is 13.7. The number of halogens is 2. The molecule has 0 saturated heterocycles. The minimum atomic E-state index is -0.0455. The van der Waals surface area contributed by atoms with E-state index in [0.29, 0.717) is 16.4 Å². The number of nitrogens with two attached hydrogens (primary N) is 1. The monoisotopic (exact) mass is 344 g/mol. The van der Waals surface area contributed by atoms with Gasteiger partial charge in [-0.3, -0.25) is 4.79 Å². The van der Waals surface area contributed by atoms with Crippen molar-refractivity contribution in [2.45, 2.75) is 19.4 Å². The van der Waals surface area contributed by atoms with Gasteiger partial charge in [-0.05, 0) is 43.2 Å². The molecule has 1 aromatic carbocycles. The lowest BCUT2D eigenvalue weighted by Crippen LogP contribution is -2.28. The lowest BCUT2D eigenvalue weighted by Gasteiger charge is -2.05. The van der Waals surface area contributed by atoms with Gasteiger partial charge >= 0.3 is 0 Å². The van der Waals surface area contributed by atoms with Crippen molar-refractivity contribution in [2.75, 3.05) is 6.54 Å². The van der Waals surface area contributed by atoms with Gasteiger partial charge in [0.1, 0.15) is 0 Å². The third-order valence-electron chi connectivity index (χ3n) is 2.84. The Hall–Kier alpha value is -1.07. The van der Waals surface area contributed by atoms with E-state index in [9.17, 15) is 4.79 Å². The molecule has 6 heteroatoms. The van der Waals surface area contributed by atoms with E-state index in [0.717, 1.165) is 16.9 Å². The molecular weight excluding hydrogens is 327 g/mol. The Morgan fingerprint density at radius 1 is 1.29 bits per heavy atom. The first kappa shape index (κ1) is 18.0. The lowest BCUT2D eigenvalue weighted by atomic mass is 10.2. The number of hydrogen-bond donors (Lipinski definition) is 2. The maximum absolute atomic E-state index is 12.0. The van der Waals surface area contributed by atoms with Gasteiger partial charge in [-0.1, -0.05) is 23.7 Å². The summed E-state index contributed by atoms with van der Waals surface area (Å²) in [5.74, 6) is -0.0455. The number of nitrogens with one attached hydrogen (secondary N) is 1. The summed E-state index contributed by atoms with van der Waals surface area (Å²) < 4.78 is 0. The number of rotatable bonds is 5. The fraction of sp³-hybridized carbons (Fsp3) is 0.267. The van der Waals surface area contributed by atoms with Crippen LogP contribution in [0.3, 0.4) is 0 Å². The zero-order valence-corrected chi connectivity index (χ0v) is 14.0. The predicted octanol–water partition coefficient (Wildman–Crippen LogP) is 3.96. The summed E-state index contributed by atoms with van der Waals surface area (Å²) in [5, 5.41) is 3.58. The van der Waals surface area contributed by atoms with Gasteiger partial charge in [0.05, 0.1) is 4.88 Å². The fourth-order valence-electron chi connectivity index (χ4n) is 1.73. The molecule has 0 aliphatic carbocycles. The normalized spacial score (nSPS) is 11.6. The van der Waals surface area contributed by atoms with Crippen LogP contribution in [0.1, 0.15) is 23.0 Å². The average molecular weight is 345 g/mol. The molecule has 0 aliphatic rings. The van der Waals surface area contributed by atoms with Gasteiger partial charge in [-0.2, -0.15) is 0 Å². The minimum absolute atomic E-state index is 0. The van der Waals surface area contributed by atoms with Gasteiger partial charge in [-0.15, -0.1) is 23.7 Å². The van der Waals surface area contributed by atoms with E-state index in [-0.39, 0.29) is 24.4 Å². The topological polar surface area (TPSA) is 55.1 Å². The van der Waals surface area contributed by atoms with E-state index in [4.69, 9.17) is 17.3 Å². The van der Waals surface area contributed by atoms with Crippen molar-refractivity contribution in [3.8, 4) is 10.4 Å². The van der Waals surface area contributed by atoms with Gasteiger partial charge in [0.25, 0.3) is 5.91 Å². The molecule has 1 heterocycles. The second-order valence-corrected chi connectivity index (χ2v) is 6.21. The molecule has 0 fully saturated rings. The molecule has 0 bridgehead atoms. The zero-order chi connectivity index (χ0) is 14.5. The van der Waals surface area contributed by atoms with Crippen LogP contribution in [0.25, 0.3) is 10.4 Å². The van der Waals surface area contributed by atoms with Crippen LogP contribution in [0.15, 0.2) is 36.4 Å². The molecule has 0 spiro atoms. The summed E-state index contributed by atoms with van der Waals surface area (Å²) in [6.07, 6.45) is 0.779. The van der Waals surface area contributed by atoms with Gasteiger partial charge in [0.15, 0.2) is 0 Å². The third kappa shape index (κ3) is 5.32. The Morgan fingerprint density at radius 3 is 2.57 bits per heavy atom. The second kappa shape index (κ2) is 8.39. The molecule has 0 saturated carbocycles. The van der Waals surface area contributed by atoms with Gasteiger partial charge < -0.3 is 11.1 Å². The quantitative estimate of drug-likeness (QED) is 0.862. The first-order valence-corrected chi connectivity index (χ1v) is 7.65. The molecule has 1 aromatic heterocycles. The molecule has 0 radical (unpaired) electrons. The Bertz CT molecular complexity index is 582. The predicted molar refractivity (Wildman–Crippen MR) is 92.6 cm³/mol. The summed E-state index contributed by atoms with van der Waals surface area (Å²) in [5.41, 5.74) is 6.71. The largest absolute Gasteiger partial charge is 0.351 e. The minimum Gasteiger partial charge on any atom is -0.351 e. The van der Waals surface area contributed by atoms with Gasteiger partial charge in [0, 0.05) is 22.5 Å². The fourth-order valence-corrected chi connectivity index (χ4v) is 2.78. The Kier molecular flexibility index (Phi) is 7.18. The van der Waals surface area contributed by atoms with Crippen LogP contribution in [-0.4, -0.2) is 18.5 Å². The van der Waals surface area contributed by atoms with Crippen LogP contribution in [0, 0.1) is 0 Å². The molecular formula is C15H18Cl2N2OS. The zero-order valence-electron chi connectivity index (χ0n) is 11.6. The smallest absolute Gasteiger partial charge is 0.261 e. The van der Waals surface area contributed by atoms with Crippen molar-refractivity contribution < 1.29 is 4.79 Å². The molecule has 3 nitrogen and oxygen atoms in total. The van der Waals surface area contributed by atoms with E-state index < -0.39 is 0 Å². The van der Waals surface area contributed by atoms with Crippen molar-refractivity contribution in [3.05, 3.63) is 46.3 Å². The van der Waals surface area contributed by atoms with E-state index >= 15 is 0 Å². The van der Waals surface area contributed by atoms with Crippen LogP contribution in [0.4, 0.5) is 0 Å². The van der Waals surface area contributed by atoms with E-state index in [1.54, 1.807) is 0 Å². The number of thiophene rings is 1. The molecule has 1 atom stereocenters. The first-order valence-electron chi connectivity index (χ1n) is 6.46. The molecule has 2 aromatic rings. The highest BCUT2D eigenvalue weighted by molar-refractivity contribution is 7.17. The Morgan fingerprint density at radius 2 is 1.95 bits per heavy atom. The van der Waals surface area contributed by atoms with Crippen molar-refractivity contribution in [2.24, 2.45) is 5.73 Å². The van der Waals surface area contributed by atoms with Crippen LogP contribution < -0.4 is 11.1 Å². The number of benzene rings is 1. The standard InChI is InChI=1S/C15H17ClN2OS.ClH/c1-10(17)8-9-18-15(19)14-7-6-13(20-14)11-2-4-12(16)5-3-11;/h2-7,10H,8-9,17H2,1H3,(H,18,19);1H. The van der Waals surface area contributed by atoms with Crippen molar-refractivity contribution in [1.82, 2.24) is 5.32 Å². The summed E-state index contributed by atoms with van der Waals surface area (Å²) >= 11 is 7.34. The van der Waals surface area contributed by atoms with Crippen molar-refractivity contribution in [3.63, 3.8) is 0 Å². The van der Waals surface area contributed by atoms with E-state index in [1.165, 1.54) is 11.3 Å². The molecule has 21 heavy (non-hydrogen) atoms. The van der Waals surface area contributed by atoms with Crippen LogP contribution in [0.5, 0.6) is 0 Å². The number of amides is 1. The highest BCUT2D eigenvalue weighted by atomic mass is 35.5. The third-order valence-corrected chi connectivity index (χ3v) is 4.23. The Labute approximate surface area is 139 Å². The second-order valence-electron chi connectivity index (χ2n) is 4.69. The molecule has 114 valence electrons. The van der Waals surface area contributed by atoms with Crippen LogP contribution in [0.2, 0.25) is 5.02 Å².